The number of rotatable bonds is 7. The Morgan fingerprint density at radius 1 is 1.10 bits per heavy atom. The summed E-state index contributed by atoms with van der Waals surface area (Å²) in [6.07, 6.45) is 3.31. The van der Waals surface area contributed by atoms with Gasteiger partial charge in [-0.25, -0.2) is 9.78 Å². The molecule has 2 N–H and O–H groups in total. The van der Waals surface area contributed by atoms with Gasteiger partial charge in [-0.2, -0.15) is 0 Å². The SMILES string of the molecule is C[C@@H](CNC(=O)Nc1ccc(C(=O)c2nccn2C)cc1)N(C)c1ccccc1. The van der Waals surface area contributed by atoms with Crippen molar-refractivity contribution in [3.8, 4) is 0 Å². The molecule has 29 heavy (non-hydrogen) atoms. The molecule has 0 bridgehead atoms. The van der Waals surface area contributed by atoms with Crippen LogP contribution in [0.2, 0.25) is 0 Å². The summed E-state index contributed by atoms with van der Waals surface area (Å²) >= 11 is 0. The molecule has 0 saturated heterocycles. The number of nitrogens with one attached hydrogen (secondary N) is 2. The van der Waals surface area contributed by atoms with Gasteiger partial charge in [0.1, 0.15) is 0 Å². The molecular weight excluding hydrogens is 366 g/mol. The summed E-state index contributed by atoms with van der Waals surface area (Å²) in [7, 11) is 3.77. The third kappa shape index (κ3) is 5.01. The normalized spacial score (nSPS) is 11.6. The lowest BCUT2D eigenvalue weighted by Gasteiger charge is -2.27. The van der Waals surface area contributed by atoms with E-state index in [4.69, 9.17) is 0 Å². The molecule has 0 aliphatic heterocycles. The number of likely N-dealkylation sites (N-methyl/N-ethyl adjacent to an activating group) is 1. The number of para-hydroxylation sites is 1. The summed E-state index contributed by atoms with van der Waals surface area (Å²) in [5.41, 5.74) is 2.22. The van der Waals surface area contributed by atoms with Crippen LogP contribution in [0.25, 0.3) is 0 Å². The smallest absolute Gasteiger partial charge is 0.319 e. The predicted molar refractivity (Wildman–Crippen MR) is 114 cm³/mol. The highest BCUT2D eigenvalue weighted by Crippen LogP contribution is 2.14. The molecule has 0 aliphatic carbocycles. The monoisotopic (exact) mass is 391 g/mol. The first-order valence-corrected chi connectivity index (χ1v) is 9.40. The van der Waals surface area contributed by atoms with Crippen LogP contribution in [0, 0.1) is 0 Å². The molecule has 7 heteroatoms. The number of hydrogen-bond donors (Lipinski definition) is 2. The van der Waals surface area contributed by atoms with Crippen molar-refractivity contribution in [2.24, 2.45) is 7.05 Å². The van der Waals surface area contributed by atoms with Gasteiger partial charge in [0.2, 0.25) is 5.78 Å². The molecule has 0 aliphatic rings. The number of nitrogens with zero attached hydrogens (tertiary/aromatic N) is 3. The van der Waals surface area contributed by atoms with Gasteiger partial charge in [-0.1, -0.05) is 18.2 Å². The minimum absolute atomic E-state index is 0.126. The van der Waals surface area contributed by atoms with E-state index in [1.165, 1.54) is 0 Å². The molecular formula is C22H25N5O2. The molecule has 1 atom stereocenters. The van der Waals surface area contributed by atoms with E-state index in [0.29, 0.717) is 23.6 Å². The molecule has 1 aromatic heterocycles. The van der Waals surface area contributed by atoms with E-state index < -0.39 is 0 Å². The molecule has 7 nitrogen and oxygen atoms in total. The number of anilines is 2. The molecule has 0 spiro atoms. The van der Waals surface area contributed by atoms with Crippen molar-refractivity contribution in [3.63, 3.8) is 0 Å². The molecule has 2 amide bonds. The fourth-order valence-electron chi connectivity index (χ4n) is 2.89. The zero-order chi connectivity index (χ0) is 20.8. The van der Waals surface area contributed by atoms with Gasteiger partial charge in [-0.05, 0) is 43.3 Å². The average molecular weight is 391 g/mol. The second-order valence-corrected chi connectivity index (χ2v) is 6.90. The van der Waals surface area contributed by atoms with Crippen LogP contribution in [0.1, 0.15) is 23.1 Å². The number of hydrogen-bond acceptors (Lipinski definition) is 4. The quantitative estimate of drug-likeness (QED) is 0.606. The van der Waals surface area contributed by atoms with Crippen molar-refractivity contribution in [3.05, 3.63) is 78.4 Å². The van der Waals surface area contributed by atoms with Crippen molar-refractivity contribution >= 4 is 23.2 Å². The van der Waals surface area contributed by atoms with Crippen molar-refractivity contribution in [2.75, 3.05) is 23.8 Å². The van der Waals surface area contributed by atoms with Crippen molar-refractivity contribution in [2.45, 2.75) is 13.0 Å². The Bertz CT molecular complexity index is 966. The molecule has 0 saturated carbocycles. The Morgan fingerprint density at radius 2 is 1.79 bits per heavy atom. The number of aromatic nitrogens is 2. The van der Waals surface area contributed by atoms with E-state index in [0.717, 1.165) is 5.69 Å². The second kappa shape index (κ2) is 9.05. The Kier molecular flexibility index (Phi) is 6.29. The van der Waals surface area contributed by atoms with Crippen molar-refractivity contribution < 1.29 is 9.59 Å². The average Bonchev–Trinajstić information content (AvgIpc) is 3.18. The zero-order valence-electron chi connectivity index (χ0n) is 16.8. The van der Waals surface area contributed by atoms with E-state index in [1.807, 2.05) is 44.3 Å². The maximum absolute atomic E-state index is 12.4. The number of ketones is 1. The third-order valence-electron chi connectivity index (χ3n) is 4.81. The first-order valence-electron chi connectivity index (χ1n) is 9.40. The van der Waals surface area contributed by atoms with Crippen molar-refractivity contribution in [1.82, 2.24) is 14.9 Å². The van der Waals surface area contributed by atoms with Crippen LogP contribution in [0.15, 0.2) is 67.0 Å². The van der Waals surface area contributed by atoms with Gasteiger partial charge in [-0.15, -0.1) is 0 Å². The topological polar surface area (TPSA) is 79.3 Å². The van der Waals surface area contributed by atoms with Gasteiger partial charge < -0.3 is 20.1 Å². The highest BCUT2D eigenvalue weighted by molar-refractivity contribution is 6.07. The molecule has 3 aromatic rings. The van der Waals surface area contributed by atoms with Crippen LogP contribution in [0.5, 0.6) is 0 Å². The lowest BCUT2D eigenvalue weighted by molar-refractivity contribution is 0.102. The zero-order valence-corrected chi connectivity index (χ0v) is 16.8. The van der Waals surface area contributed by atoms with Gasteiger partial charge >= 0.3 is 6.03 Å². The summed E-state index contributed by atoms with van der Waals surface area (Å²) in [4.78, 5) is 30.8. The van der Waals surface area contributed by atoms with Crippen LogP contribution in [-0.4, -0.2) is 41.0 Å². The van der Waals surface area contributed by atoms with Gasteiger partial charge in [0.05, 0.1) is 0 Å². The maximum atomic E-state index is 12.4. The lowest BCUT2D eigenvalue weighted by atomic mass is 10.1. The fraction of sp³-hybridized carbons (Fsp3) is 0.227. The van der Waals surface area contributed by atoms with Crippen LogP contribution in [0.3, 0.4) is 0 Å². The minimum Gasteiger partial charge on any atom is -0.370 e. The van der Waals surface area contributed by atoms with E-state index in [9.17, 15) is 9.59 Å². The van der Waals surface area contributed by atoms with Gasteiger partial charge in [0, 0.05) is 56.0 Å². The van der Waals surface area contributed by atoms with Crippen LogP contribution in [0.4, 0.5) is 16.2 Å². The molecule has 0 unspecified atom stereocenters. The Hall–Kier alpha value is -3.61. The Morgan fingerprint density at radius 3 is 2.41 bits per heavy atom. The number of aryl methyl sites for hydroxylation is 1. The summed E-state index contributed by atoms with van der Waals surface area (Å²) in [5.74, 6) is 0.214. The van der Waals surface area contributed by atoms with E-state index in [2.05, 4.69) is 20.5 Å². The van der Waals surface area contributed by atoms with Gasteiger partial charge in [0.25, 0.3) is 0 Å². The first-order chi connectivity index (χ1) is 14.0. The molecule has 150 valence electrons. The van der Waals surface area contributed by atoms with Crippen LogP contribution >= 0.6 is 0 Å². The van der Waals surface area contributed by atoms with Gasteiger partial charge in [0.15, 0.2) is 5.82 Å². The minimum atomic E-state index is -0.290. The summed E-state index contributed by atoms with van der Waals surface area (Å²) < 4.78 is 1.68. The largest absolute Gasteiger partial charge is 0.370 e. The van der Waals surface area contributed by atoms with E-state index >= 15 is 0 Å². The fourth-order valence-corrected chi connectivity index (χ4v) is 2.89. The van der Waals surface area contributed by atoms with E-state index in [-0.39, 0.29) is 17.9 Å². The highest BCUT2D eigenvalue weighted by Gasteiger charge is 2.14. The third-order valence-corrected chi connectivity index (χ3v) is 4.81. The molecule has 3 rings (SSSR count). The summed E-state index contributed by atoms with van der Waals surface area (Å²) in [5, 5.41) is 5.66. The number of amides is 2. The highest BCUT2D eigenvalue weighted by atomic mass is 16.2. The lowest BCUT2D eigenvalue weighted by Crippen LogP contribution is -2.41. The van der Waals surface area contributed by atoms with Crippen LogP contribution in [-0.2, 0) is 7.05 Å². The predicted octanol–water partition coefficient (Wildman–Crippen LogP) is 3.30. The molecule has 0 fully saturated rings. The first kappa shape index (κ1) is 20.1. The van der Waals surface area contributed by atoms with Crippen LogP contribution < -0.4 is 15.5 Å². The molecule has 1 heterocycles. The Labute approximate surface area is 170 Å². The number of benzene rings is 2. The van der Waals surface area contributed by atoms with E-state index in [1.54, 1.807) is 48.3 Å². The number of urea groups is 1. The Balaban J connectivity index is 1.52. The van der Waals surface area contributed by atoms with Gasteiger partial charge in [-0.3, -0.25) is 4.79 Å². The number of carbonyl (C=O) groups excluding carboxylic acids is 2. The maximum Gasteiger partial charge on any atom is 0.319 e. The second-order valence-electron chi connectivity index (χ2n) is 6.90. The molecule has 2 aromatic carbocycles. The number of imidazole rings is 1. The summed E-state index contributed by atoms with van der Waals surface area (Å²) in [6.45, 7) is 2.54. The standard InChI is InChI=1S/C22H25N5O2/c1-16(27(3)19-7-5-4-6-8-19)15-24-22(29)25-18-11-9-17(10-12-18)20(28)21-23-13-14-26(21)2/h4-14,16H,15H2,1-3H3,(H2,24,25,29)/t16-/m0/s1. The number of carbonyl (C=O) groups is 2. The summed E-state index contributed by atoms with van der Waals surface area (Å²) in [6, 6.07) is 16.6. The molecule has 0 radical (unpaired) electrons. The van der Waals surface area contributed by atoms with Crippen molar-refractivity contribution in [1.29, 1.82) is 0 Å².